The number of anilines is 2. The van der Waals surface area contributed by atoms with Crippen molar-refractivity contribution in [1.29, 1.82) is 0 Å². The van der Waals surface area contributed by atoms with Gasteiger partial charge in [0, 0.05) is 23.7 Å². The van der Waals surface area contributed by atoms with Gasteiger partial charge in [-0.3, -0.25) is 23.9 Å². The van der Waals surface area contributed by atoms with Crippen molar-refractivity contribution >= 4 is 35.1 Å². The van der Waals surface area contributed by atoms with E-state index < -0.39 is 29.7 Å². The van der Waals surface area contributed by atoms with Gasteiger partial charge in [-0.15, -0.1) is 11.8 Å². The summed E-state index contributed by atoms with van der Waals surface area (Å²) in [5.41, 5.74) is 4.55. The first-order valence-electron chi connectivity index (χ1n) is 10.7. The van der Waals surface area contributed by atoms with Crippen LogP contribution in [0.1, 0.15) is 39.5 Å². The number of benzene rings is 1. The van der Waals surface area contributed by atoms with Crippen LogP contribution in [-0.4, -0.2) is 40.3 Å². The maximum absolute atomic E-state index is 12.9. The highest BCUT2D eigenvalue weighted by molar-refractivity contribution is 7.99. The molecule has 2 aromatic rings. The summed E-state index contributed by atoms with van der Waals surface area (Å²) in [6, 6.07) is 5.89. The molecule has 33 heavy (non-hydrogen) atoms. The number of aromatic amines is 1. The Morgan fingerprint density at radius 1 is 1.18 bits per heavy atom. The molecule has 0 saturated carbocycles. The number of H-pyrrole nitrogens is 1. The Bertz CT molecular complexity index is 1070. The summed E-state index contributed by atoms with van der Waals surface area (Å²) < 4.78 is 19.3. The first-order chi connectivity index (χ1) is 15.8. The number of rotatable bonds is 12. The van der Waals surface area contributed by atoms with Crippen LogP contribution in [-0.2, 0) is 20.9 Å². The van der Waals surface area contributed by atoms with Crippen LogP contribution in [0.15, 0.2) is 38.8 Å². The van der Waals surface area contributed by atoms with E-state index in [1.54, 1.807) is 12.1 Å². The van der Waals surface area contributed by atoms with Crippen LogP contribution in [0.2, 0.25) is 0 Å². The number of thioether (sulfide) groups is 1. The molecule has 0 fully saturated rings. The molecule has 0 unspecified atom stereocenters. The maximum Gasteiger partial charge on any atom is 0.330 e. The van der Waals surface area contributed by atoms with E-state index in [4.69, 9.17) is 10.5 Å². The molecule has 2 rings (SSSR count). The minimum absolute atomic E-state index is 0.0500. The minimum atomic E-state index is -0.767. The number of nitrogens with zero attached hydrogens (tertiary/aromatic N) is 2. The molecule has 0 aliphatic rings. The molecule has 0 atom stereocenters. The molecule has 0 saturated heterocycles. The van der Waals surface area contributed by atoms with E-state index in [0.29, 0.717) is 18.6 Å². The lowest BCUT2D eigenvalue weighted by atomic mass is 10.2. The molecule has 0 bridgehead atoms. The van der Waals surface area contributed by atoms with Crippen molar-refractivity contribution in [3.8, 4) is 0 Å². The first-order valence-corrected chi connectivity index (χ1v) is 11.7. The third-order valence-electron chi connectivity index (χ3n) is 4.71. The molecule has 9 nitrogen and oxygen atoms in total. The van der Waals surface area contributed by atoms with Gasteiger partial charge in [0.05, 0.1) is 6.42 Å². The van der Waals surface area contributed by atoms with E-state index >= 15 is 0 Å². The van der Waals surface area contributed by atoms with Crippen molar-refractivity contribution in [3.05, 3.63) is 50.9 Å². The fraction of sp³-hybridized carbons (Fsp3) is 0.455. The van der Waals surface area contributed by atoms with Crippen molar-refractivity contribution in [2.75, 3.05) is 29.5 Å². The van der Waals surface area contributed by atoms with Gasteiger partial charge in [0.1, 0.15) is 11.6 Å². The third-order valence-corrected chi connectivity index (χ3v) is 5.73. The minimum Gasteiger partial charge on any atom is -0.456 e. The smallest absolute Gasteiger partial charge is 0.330 e. The number of aromatic nitrogens is 2. The Balaban J connectivity index is 2.05. The average Bonchev–Trinajstić information content (AvgIpc) is 2.78. The van der Waals surface area contributed by atoms with Crippen molar-refractivity contribution in [3.63, 3.8) is 0 Å². The van der Waals surface area contributed by atoms with Crippen LogP contribution in [0.25, 0.3) is 0 Å². The standard InChI is InChI=1S/C22H29FN4O5S/c1-3-5-12-26(19-20(24)27(11-4-2)22(31)25-21(19)30)17(28)14-32-18(29)10-13-33-16-8-6-15(23)7-9-16/h6-9H,3-5,10-14,24H2,1-2H3,(H,25,30,31). The zero-order chi connectivity index (χ0) is 24.4. The lowest BCUT2D eigenvalue weighted by Crippen LogP contribution is -2.43. The Morgan fingerprint density at radius 2 is 1.88 bits per heavy atom. The zero-order valence-electron chi connectivity index (χ0n) is 18.8. The summed E-state index contributed by atoms with van der Waals surface area (Å²) >= 11 is 1.36. The van der Waals surface area contributed by atoms with E-state index in [-0.39, 0.29) is 36.8 Å². The number of nitrogens with two attached hydrogens (primary N) is 1. The fourth-order valence-electron chi connectivity index (χ4n) is 3.04. The van der Waals surface area contributed by atoms with Crippen LogP contribution in [0.3, 0.4) is 0 Å². The van der Waals surface area contributed by atoms with E-state index in [9.17, 15) is 23.6 Å². The number of ether oxygens (including phenoxy) is 1. The van der Waals surface area contributed by atoms with E-state index in [0.717, 1.165) is 11.3 Å². The van der Waals surface area contributed by atoms with Gasteiger partial charge in [-0.2, -0.15) is 0 Å². The maximum atomic E-state index is 12.9. The molecule has 0 spiro atoms. The van der Waals surface area contributed by atoms with Gasteiger partial charge >= 0.3 is 11.7 Å². The number of halogens is 1. The number of nitrogens with one attached hydrogen (secondary N) is 1. The van der Waals surface area contributed by atoms with Crippen molar-refractivity contribution in [2.24, 2.45) is 0 Å². The number of carbonyl (C=O) groups excluding carboxylic acids is 2. The Kier molecular flexibility index (Phi) is 10.2. The summed E-state index contributed by atoms with van der Waals surface area (Å²) in [6.45, 7) is 3.68. The molecule has 180 valence electrons. The second-order valence-electron chi connectivity index (χ2n) is 7.26. The molecular formula is C22H29FN4O5S. The van der Waals surface area contributed by atoms with E-state index in [2.05, 4.69) is 4.98 Å². The number of esters is 1. The van der Waals surface area contributed by atoms with Crippen LogP contribution >= 0.6 is 11.8 Å². The van der Waals surface area contributed by atoms with E-state index in [1.165, 1.54) is 33.4 Å². The largest absolute Gasteiger partial charge is 0.456 e. The summed E-state index contributed by atoms with van der Waals surface area (Å²) in [7, 11) is 0. The van der Waals surface area contributed by atoms with E-state index in [1.807, 2.05) is 13.8 Å². The summed E-state index contributed by atoms with van der Waals surface area (Å²) in [5.74, 6) is -1.23. The van der Waals surface area contributed by atoms with Crippen molar-refractivity contribution in [1.82, 2.24) is 9.55 Å². The van der Waals surface area contributed by atoms with Gasteiger partial charge in [0.25, 0.3) is 11.5 Å². The van der Waals surface area contributed by atoms with Gasteiger partial charge in [0.2, 0.25) is 0 Å². The molecule has 11 heteroatoms. The quantitative estimate of drug-likeness (QED) is 0.353. The Hall–Kier alpha value is -3.08. The second kappa shape index (κ2) is 12.8. The highest BCUT2D eigenvalue weighted by Gasteiger charge is 2.24. The molecule has 0 radical (unpaired) electrons. The predicted octanol–water partition coefficient (Wildman–Crippen LogP) is 2.53. The van der Waals surface area contributed by atoms with Crippen LogP contribution in [0.4, 0.5) is 15.9 Å². The van der Waals surface area contributed by atoms with Crippen molar-refractivity contribution < 1.29 is 18.7 Å². The third kappa shape index (κ3) is 7.48. The Labute approximate surface area is 195 Å². The predicted molar refractivity (Wildman–Crippen MR) is 126 cm³/mol. The summed E-state index contributed by atoms with van der Waals surface area (Å²) in [6.07, 6.45) is 1.98. The highest BCUT2D eigenvalue weighted by atomic mass is 32.2. The normalized spacial score (nSPS) is 10.8. The first kappa shape index (κ1) is 26.2. The molecule has 1 aromatic carbocycles. The molecule has 0 aliphatic carbocycles. The summed E-state index contributed by atoms with van der Waals surface area (Å²) in [5, 5.41) is 0. The SMILES string of the molecule is CCCCN(C(=O)COC(=O)CCSc1ccc(F)cc1)c1c(N)n(CCC)c(=O)[nH]c1=O. The van der Waals surface area contributed by atoms with Gasteiger partial charge in [-0.1, -0.05) is 20.3 Å². The molecule has 0 aliphatic heterocycles. The van der Waals surface area contributed by atoms with Crippen LogP contribution in [0.5, 0.6) is 0 Å². The second-order valence-corrected chi connectivity index (χ2v) is 8.43. The molecule has 1 aromatic heterocycles. The van der Waals surface area contributed by atoms with Gasteiger partial charge in [0.15, 0.2) is 12.3 Å². The number of unbranched alkanes of at least 4 members (excludes halogenated alkanes) is 1. The van der Waals surface area contributed by atoms with Crippen LogP contribution in [0, 0.1) is 5.82 Å². The fourth-order valence-corrected chi connectivity index (χ4v) is 3.87. The number of hydrogen-bond donors (Lipinski definition) is 2. The number of hydrogen-bond acceptors (Lipinski definition) is 7. The van der Waals surface area contributed by atoms with Gasteiger partial charge in [-0.05, 0) is 37.1 Å². The zero-order valence-corrected chi connectivity index (χ0v) is 19.6. The molecule has 1 amide bonds. The lowest BCUT2D eigenvalue weighted by molar-refractivity contribution is -0.147. The average molecular weight is 481 g/mol. The molecule has 1 heterocycles. The molecular weight excluding hydrogens is 451 g/mol. The topological polar surface area (TPSA) is 127 Å². The summed E-state index contributed by atoms with van der Waals surface area (Å²) in [4.78, 5) is 53.7. The molecule has 3 N–H and O–H groups in total. The lowest BCUT2D eigenvalue weighted by Gasteiger charge is -2.24. The number of amides is 1. The Morgan fingerprint density at radius 3 is 2.52 bits per heavy atom. The highest BCUT2D eigenvalue weighted by Crippen LogP contribution is 2.20. The van der Waals surface area contributed by atoms with Gasteiger partial charge in [-0.25, -0.2) is 9.18 Å². The number of nitrogen functional groups attached to an aromatic ring is 1. The monoisotopic (exact) mass is 480 g/mol. The van der Waals surface area contributed by atoms with Crippen LogP contribution < -0.4 is 21.9 Å². The number of carbonyl (C=O) groups is 2. The van der Waals surface area contributed by atoms with Gasteiger partial charge < -0.3 is 15.4 Å². The van der Waals surface area contributed by atoms with Crippen molar-refractivity contribution in [2.45, 2.75) is 51.0 Å².